The lowest BCUT2D eigenvalue weighted by molar-refractivity contribution is -0.140. The summed E-state index contributed by atoms with van der Waals surface area (Å²) in [5.74, 6) is -1.25. The highest BCUT2D eigenvalue weighted by molar-refractivity contribution is 9.10. The first-order chi connectivity index (χ1) is 9.02. The Kier molecular flexibility index (Phi) is 4.09. The second-order valence-corrected chi connectivity index (χ2v) is 5.33. The molecular weight excluding hydrogens is 314 g/mol. The summed E-state index contributed by atoms with van der Waals surface area (Å²) in [5.41, 5.74) is 0.925. The zero-order valence-electron chi connectivity index (χ0n) is 10.4. The number of amides is 1. The SMILES string of the molecule is COc1ccc(CNC(=O)[C@H]2C[C@@H]2C(=O)O)cc1Br. The quantitative estimate of drug-likeness (QED) is 0.864. The number of benzene rings is 1. The summed E-state index contributed by atoms with van der Waals surface area (Å²) in [6.45, 7) is 0.379. The second kappa shape index (κ2) is 5.61. The third kappa shape index (κ3) is 3.26. The van der Waals surface area contributed by atoms with Gasteiger partial charge in [-0.2, -0.15) is 0 Å². The number of hydrogen-bond donors (Lipinski definition) is 2. The Hall–Kier alpha value is -1.56. The van der Waals surface area contributed by atoms with Gasteiger partial charge >= 0.3 is 5.97 Å². The molecule has 0 aromatic heterocycles. The molecule has 0 saturated heterocycles. The second-order valence-electron chi connectivity index (χ2n) is 4.47. The summed E-state index contributed by atoms with van der Waals surface area (Å²) < 4.78 is 5.93. The molecule has 2 N–H and O–H groups in total. The summed E-state index contributed by atoms with van der Waals surface area (Å²) in [7, 11) is 1.58. The topological polar surface area (TPSA) is 75.6 Å². The molecule has 1 amide bonds. The molecule has 1 aromatic rings. The first-order valence-corrected chi connectivity index (χ1v) is 6.65. The van der Waals surface area contributed by atoms with Gasteiger partial charge in [0.05, 0.1) is 23.4 Å². The molecule has 19 heavy (non-hydrogen) atoms. The van der Waals surface area contributed by atoms with Gasteiger partial charge in [0.15, 0.2) is 0 Å². The van der Waals surface area contributed by atoms with E-state index in [0.29, 0.717) is 13.0 Å². The Bertz CT molecular complexity index is 517. The van der Waals surface area contributed by atoms with Crippen molar-refractivity contribution in [3.05, 3.63) is 28.2 Å². The predicted molar refractivity (Wildman–Crippen MR) is 71.8 cm³/mol. The average molecular weight is 328 g/mol. The van der Waals surface area contributed by atoms with Crippen molar-refractivity contribution in [2.24, 2.45) is 11.8 Å². The van der Waals surface area contributed by atoms with E-state index in [4.69, 9.17) is 9.84 Å². The third-order valence-corrected chi connectivity index (χ3v) is 3.75. The minimum absolute atomic E-state index is 0.195. The molecule has 0 heterocycles. The number of carbonyl (C=O) groups is 2. The van der Waals surface area contributed by atoms with Crippen LogP contribution in [0.25, 0.3) is 0 Å². The summed E-state index contributed by atoms with van der Waals surface area (Å²) in [5, 5.41) is 11.5. The fourth-order valence-electron chi connectivity index (χ4n) is 1.90. The number of methoxy groups -OCH3 is 1. The lowest BCUT2D eigenvalue weighted by atomic mass is 10.2. The smallest absolute Gasteiger partial charge is 0.307 e. The highest BCUT2D eigenvalue weighted by Crippen LogP contribution is 2.38. The van der Waals surface area contributed by atoms with Crippen LogP contribution >= 0.6 is 15.9 Å². The predicted octanol–water partition coefficient (Wildman–Crippen LogP) is 1.79. The van der Waals surface area contributed by atoms with E-state index in [1.165, 1.54) is 0 Å². The number of nitrogens with one attached hydrogen (secondary N) is 1. The molecular formula is C13H14BrNO4. The van der Waals surface area contributed by atoms with E-state index < -0.39 is 11.9 Å². The Balaban J connectivity index is 1.87. The van der Waals surface area contributed by atoms with Gasteiger partial charge in [0, 0.05) is 6.54 Å². The van der Waals surface area contributed by atoms with Crippen LogP contribution in [0.3, 0.4) is 0 Å². The van der Waals surface area contributed by atoms with Crippen LogP contribution in [0.1, 0.15) is 12.0 Å². The Morgan fingerprint density at radius 1 is 1.47 bits per heavy atom. The van der Waals surface area contributed by atoms with E-state index >= 15 is 0 Å². The van der Waals surface area contributed by atoms with Crippen LogP contribution in [-0.2, 0) is 16.1 Å². The fraction of sp³-hybridized carbons (Fsp3) is 0.385. The highest BCUT2D eigenvalue weighted by atomic mass is 79.9. The fourth-order valence-corrected chi connectivity index (χ4v) is 2.49. The Morgan fingerprint density at radius 3 is 2.74 bits per heavy atom. The van der Waals surface area contributed by atoms with Crippen molar-refractivity contribution in [2.45, 2.75) is 13.0 Å². The van der Waals surface area contributed by atoms with Crippen molar-refractivity contribution in [3.8, 4) is 5.75 Å². The lowest BCUT2D eigenvalue weighted by Gasteiger charge is -2.07. The lowest BCUT2D eigenvalue weighted by Crippen LogP contribution is -2.25. The number of carboxylic acids is 1. The van der Waals surface area contributed by atoms with Crippen molar-refractivity contribution in [1.82, 2.24) is 5.32 Å². The zero-order chi connectivity index (χ0) is 14.0. The summed E-state index contributed by atoms with van der Waals surface area (Å²) in [6, 6.07) is 5.52. The van der Waals surface area contributed by atoms with E-state index in [-0.39, 0.29) is 11.8 Å². The van der Waals surface area contributed by atoms with Crippen molar-refractivity contribution in [2.75, 3.05) is 7.11 Å². The third-order valence-electron chi connectivity index (χ3n) is 3.13. The van der Waals surface area contributed by atoms with E-state index in [1.54, 1.807) is 7.11 Å². The molecule has 1 saturated carbocycles. The van der Waals surface area contributed by atoms with Crippen molar-refractivity contribution < 1.29 is 19.4 Å². The van der Waals surface area contributed by atoms with E-state index in [0.717, 1.165) is 15.8 Å². The number of hydrogen-bond acceptors (Lipinski definition) is 3. The molecule has 0 aliphatic heterocycles. The van der Waals surface area contributed by atoms with Gasteiger partial charge in [-0.05, 0) is 40.0 Å². The molecule has 6 heteroatoms. The molecule has 5 nitrogen and oxygen atoms in total. The molecule has 0 bridgehead atoms. The molecule has 1 aliphatic rings. The summed E-state index contributed by atoms with van der Waals surface area (Å²) in [4.78, 5) is 22.4. The van der Waals surface area contributed by atoms with Gasteiger partial charge in [-0.25, -0.2) is 0 Å². The highest BCUT2D eigenvalue weighted by Gasteiger charge is 2.48. The maximum atomic E-state index is 11.7. The van der Waals surface area contributed by atoms with Gasteiger partial charge in [0.1, 0.15) is 5.75 Å². The van der Waals surface area contributed by atoms with Crippen molar-refractivity contribution in [3.63, 3.8) is 0 Å². The minimum atomic E-state index is -0.896. The Labute approximate surface area is 119 Å². The maximum Gasteiger partial charge on any atom is 0.307 e. The standard InChI is InChI=1S/C13H14BrNO4/c1-19-11-3-2-7(4-10(11)14)6-15-12(16)8-5-9(8)13(17)18/h2-4,8-9H,5-6H2,1H3,(H,15,16)(H,17,18)/t8-,9-/m0/s1. The van der Waals surface area contributed by atoms with Gasteiger partial charge in [-0.3, -0.25) is 9.59 Å². The molecule has 1 aromatic carbocycles. The summed E-state index contributed by atoms with van der Waals surface area (Å²) in [6.07, 6.45) is 0.438. The van der Waals surface area contributed by atoms with E-state index in [2.05, 4.69) is 21.2 Å². The first-order valence-electron chi connectivity index (χ1n) is 5.86. The molecule has 1 fully saturated rings. The van der Waals surface area contributed by atoms with Crippen LogP contribution in [-0.4, -0.2) is 24.1 Å². The Morgan fingerprint density at radius 2 is 2.21 bits per heavy atom. The monoisotopic (exact) mass is 327 g/mol. The van der Waals surface area contributed by atoms with Gasteiger partial charge in [-0.1, -0.05) is 6.07 Å². The number of aliphatic carboxylic acids is 1. The van der Waals surface area contributed by atoms with Gasteiger partial charge in [-0.15, -0.1) is 0 Å². The molecule has 1 aliphatic carbocycles. The molecule has 0 unspecified atom stereocenters. The van der Waals surface area contributed by atoms with Crippen LogP contribution in [0, 0.1) is 11.8 Å². The van der Waals surface area contributed by atoms with Gasteiger partial charge in [0.2, 0.25) is 5.91 Å². The van der Waals surface area contributed by atoms with E-state index in [9.17, 15) is 9.59 Å². The number of halogens is 1. The zero-order valence-corrected chi connectivity index (χ0v) is 11.9. The maximum absolute atomic E-state index is 11.7. The largest absolute Gasteiger partial charge is 0.496 e. The summed E-state index contributed by atoms with van der Waals surface area (Å²) >= 11 is 3.37. The number of carbonyl (C=O) groups excluding carboxylic acids is 1. The van der Waals surface area contributed by atoms with Crippen molar-refractivity contribution >= 4 is 27.8 Å². The van der Waals surface area contributed by atoms with Gasteiger partial charge < -0.3 is 15.2 Å². The van der Waals surface area contributed by atoms with E-state index in [1.807, 2.05) is 18.2 Å². The molecule has 2 atom stereocenters. The van der Waals surface area contributed by atoms with Crippen LogP contribution in [0.4, 0.5) is 0 Å². The van der Waals surface area contributed by atoms with Gasteiger partial charge in [0.25, 0.3) is 0 Å². The number of carboxylic acid groups (broad SMARTS) is 1. The first kappa shape index (κ1) is 13.9. The molecule has 0 spiro atoms. The number of rotatable bonds is 5. The minimum Gasteiger partial charge on any atom is -0.496 e. The van der Waals surface area contributed by atoms with Crippen LogP contribution in [0.5, 0.6) is 5.75 Å². The van der Waals surface area contributed by atoms with Crippen LogP contribution in [0.15, 0.2) is 22.7 Å². The van der Waals surface area contributed by atoms with Crippen molar-refractivity contribution in [1.29, 1.82) is 0 Å². The normalized spacial score (nSPS) is 20.7. The molecule has 0 radical (unpaired) electrons. The average Bonchev–Trinajstić information content (AvgIpc) is 3.16. The number of ether oxygens (including phenoxy) is 1. The van der Waals surface area contributed by atoms with Crippen LogP contribution in [0.2, 0.25) is 0 Å². The van der Waals surface area contributed by atoms with Crippen LogP contribution < -0.4 is 10.1 Å². The molecule has 102 valence electrons. The molecule has 2 rings (SSSR count).